The lowest BCUT2D eigenvalue weighted by Crippen LogP contribution is -2.13. The molecule has 0 atom stereocenters. The summed E-state index contributed by atoms with van der Waals surface area (Å²) in [6, 6.07) is 8.06. The minimum atomic E-state index is 0.760. The van der Waals surface area contributed by atoms with Crippen molar-refractivity contribution < 1.29 is 0 Å². The molecule has 0 amide bonds. The Bertz CT molecular complexity index is 551. The summed E-state index contributed by atoms with van der Waals surface area (Å²) in [7, 11) is 0. The smallest absolute Gasteiger partial charge is 0.0844 e. The van der Waals surface area contributed by atoms with E-state index in [4.69, 9.17) is 11.6 Å². The summed E-state index contributed by atoms with van der Waals surface area (Å²) < 4.78 is 3.00. The number of halogens is 2. The summed E-state index contributed by atoms with van der Waals surface area (Å²) in [5.41, 5.74) is 2.99. The number of para-hydroxylation sites is 1. The molecule has 1 aromatic carbocycles. The second kappa shape index (κ2) is 5.76. The van der Waals surface area contributed by atoms with E-state index in [1.54, 1.807) is 0 Å². The summed E-state index contributed by atoms with van der Waals surface area (Å²) in [4.78, 5) is 0. The first-order valence-electron chi connectivity index (χ1n) is 5.77. The standard InChI is InChI=1S/C13H15BrClN3/c1-9-13(15)10(2)18(17-9)8-7-16-12-6-4-3-5-11(12)14/h3-6,16H,7-8H2,1-2H3. The molecule has 0 aliphatic rings. The number of aromatic nitrogens is 2. The quantitative estimate of drug-likeness (QED) is 0.918. The zero-order valence-electron chi connectivity index (χ0n) is 10.4. The topological polar surface area (TPSA) is 29.9 Å². The van der Waals surface area contributed by atoms with Crippen LogP contribution >= 0.6 is 27.5 Å². The maximum Gasteiger partial charge on any atom is 0.0844 e. The van der Waals surface area contributed by atoms with Crippen molar-refractivity contribution in [3.05, 3.63) is 45.1 Å². The zero-order chi connectivity index (χ0) is 13.1. The molecular weight excluding hydrogens is 314 g/mol. The van der Waals surface area contributed by atoms with Crippen LogP contribution in [-0.2, 0) is 6.54 Å². The Morgan fingerprint density at radius 3 is 2.67 bits per heavy atom. The summed E-state index contributed by atoms with van der Waals surface area (Å²) in [6.07, 6.45) is 0. The van der Waals surface area contributed by atoms with Crippen molar-refractivity contribution in [3.63, 3.8) is 0 Å². The van der Waals surface area contributed by atoms with Gasteiger partial charge in [0.15, 0.2) is 0 Å². The normalized spacial score (nSPS) is 10.7. The molecule has 0 unspecified atom stereocenters. The number of nitrogens with one attached hydrogen (secondary N) is 1. The van der Waals surface area contributed by atoms with E-state index < -0.39 is 0 Å². The Morgan fingerprint density at radius 2 is 2.06 bits per heavy atom. The van der Waals surface area contributed by atoms with Gasteiger partial charge in [0.1, 0.15) is 0 Å². The lowest BCUT2D eigenvalue weighted by molar-refractivity contribution is 0.615. The van der Waals surface area contributed by atoms with Gasteiger partial charge in [0.05, 0.1) is 23.0 Å². The molecule has 96 valence electrons. The van der Waals surface area contributed by atoms with Gasteiger partial charge in [0, 0.05) is 16.7 Å². The molecular formula is C13H15BrClN3. The molecule has 0 fully saturated rings. The van der Waals surface area contributed by atoms with Gasteiger partial charge in [-0.3, -0.25) is 4.68 Å². The van der Waals surface area contributed by atoms with Gasteiger partial charge in [-0.05, 0) is 41.9 Å². The third-order valence-electron chi connectivity index (χ3n) is 2.81. The number of rotatable bonds is 4. The zero-order valence-corrected chi connectivity index (χ0v) is 12.7. The van der Waals surface area contributed by atoms with Crippen molar-refractivity contribution in [1.29, 1.82) is 0 Å². The fourth-order valence-corrected chi connectivity index (χ4v) is 2.35. The van der Waals surface area contributed by atoms with Crippen LogP contribution in [0.2, 0.25) is 5.02 Å². The maximum atomic E-state index is 6.11. The van der Waals surface area contributed by atoms with Crippen LogP contribution in [0.4, 0.5) is 5.69 Å². The predicted molar refractivity (Wildman–Crippen MR) is 79.3 cm³/mol. The van der Waals surface area contributed by atoms with Gasteiger partial charge in [-0.15, -0.1) is 0 Å². The second-order valence-corrected chi connectivity index (χ2v) is 5.35. The molecule has 5 heteroatoms. The van der Waals surface area contributed by atoms with Crippen LogP contribution in [0.5, 0.6) is 0 Å². The van der Waals surface area contributed by atoms with Crippen molar-refractivity contribution >= 4 is 33.2 Å². The number of nitrogens with zero attached hydrogens (tertiary/aromatic N) is 2. The lowest BCUT2D eigenvalue weighted by atomic mass is 10.3. The van der Waals surface area contributed by atoms with Crippen molar-refractivity contribution in [2.75, 3.05) is 11.9 Å². The average Bonchev–Trinajstić information content (AvgIpc) is 2.60. The molecule has 0 radical (unpaired) electrons. The SMILES string of the molecule is Cc1nn(CCNc2ccccc2Br)c(C)c1Cl. The Hall–Kier alpha value is -1.000. The summed E-state index contributed by atoms with van der Waals surface area (Å²) in [5, 5.41) is 8.52. The number of hydrogen-bond donors (Lipinski definition) is 1. The molecule has 3 nitrogen and oxygen atoms in total. The lowest BCUT2D eigenvalue weighted by Gasteiger charge is -2.09. The van der Waals surface area contributed by atoms with Gasteiger partial charge in [-0.2, -0.15) is 5.10 Å². The van der Waals surface area contributed by atoms with Crippen LogP contribution in [0.3, 0.4) is 0 Å². The fraction of sp³-hybridized carbons (Fsp3) is 0.308. The largest absolute Gasteiger partial charge is 0.382 e. The van der Waals surface area contributed by atoms with E-state index >= 15 is 0 Å². The first kappa shape index (κ1) is 13.4. The molecule has 1 aromatic heterocycles. The molecule has 0 saturated carbocycles. The first-order chi connectivity index (χ1) is 8.59. The first-order valence-corrected chi connectivity index (χ1v) is 6.94. The molecule has 0 aliphatic heterocycles. The molecule has 2 rings (SSSR count). The molecule has 1 heterocycles. The van der Waals surface area contributed by atoms with Crippen LogP contribution in [0, 0.1) is 13.8 Å². The summed E-state index contributed by atoms with van der Waals surface area (Å²) in [6.45, 7) is 5.51. The summed E-state index contributed by atoms with van der Waals surface area (Å²) in [5.74, 6) is 0. The van der Waals surface area contributed by atoms with E-state index in [1.807, 2.05) is 42.8 Å². The minimum absolute atomic E-state index is 0.760. The van der Waals surface area contributed by atoms with Crippen molar-refractivity contribution in [1.82, 2.24) is 9.78 Å². The monoisotopic (exact) mass is 327 g/mol. The van der Waals surface area contributed by atoms with Crippen LogP contribution < -0.4 is 5.32 Å². The van der Waals surface area contributed by atoms with Crippen LogP contribution in [-0.4, -0.2) is 16.3 Å². The van der Waals surface area contributed by atoms with Gasteiger partial charge < -0.3 is 5.32 Å². The molecule has 0 aliphatic carbocycles. The van der Waals surface area contributed by atoms with Crippen molar-refractivity contribution in [3.8, 4) is 0 Å². The highest BCUT2D eigenvalue weighted by Gasteiger charge is 2.08. The number of hydrogen-bond acceptors (Lipinski definition) is 2. The van der Waals surface area contributed by atoms with E-state index in [1.165, 1.54) is 0 Å². The van der Waals surface area contributed by atoms with E-state index in [0.717, 1.165) is 39.7 Å². The highest BCUT2D eigenvalue weighted by Crippen LogP contribution is 2.21. The second-order valence-electron chi connectivity index (χ2n) is 4.11. The Balaban J connectivity index is 1.97. The van der Waals surface area contributed by atoms with Crippen LogP contribution in [0.1, 0.15) is 11.4 Å². The summed E-state index contributed by atoms with van der Waals surface area (Å²) >= 11 is 9.62. The maximum absolute atomic E-state index is 6.11. The minimum Gasteiger partial charge on any atom is -0.382 e. The molecule has 2 aromatic rings. The van der Waals surface area contributed by atoms with E-state index in [2.05, 4.69) is 26.3 Å². The van der Waals surface area contributed by atoms with Crippen LogP contribution in [0.15, 0.2) is 28.7 Å². The van der Waals surface area contributed by atoms with Crippen molar-refractivity contribution in [2.24, 2.45) is 0 Å². The average molecular weight is 329 g/mol. The Kier molecular flexibility index (Phi) is 4.30. The highest BCUT2D eigenvalue weighted by molar-refractivity contribution is 9.10. The van der Waals surface area contributed by atoms with Crippen molar-refractivity contribution in [2.45, 2.75) is 20.4 Å². The van der Waals surface area contributed by atoms with Gasteiger partial charge in [0.2, 0.25) is 0 Å². The number of aryl methyl sites for hydroxylation is 1. The fourth-order valence-electron chi connectivity index (χ4n) is 1.79. The third-order valence-corrected chi connectivity index (χ3v) is 4.04. The van der Waals surface area contributed by atoms with E-state index in [0.29, 0.717) is 0 Å². The van der Waals surface area contributed by atoms with Gasteiger partial charge in [-0.25, -0.2) is 0 Å². The van der Waals surface area contributed by atoms with E-state index in [-0.39, 0.29) is 0 Å². The third kappa shape index (κ3) is 2.87. The number of benzene rings is 1. The number of anilines is 1. The predicted octanol–water partition coefficient (Wildman–Crippen LogP) is 4.03. The van der Waals surface area contributed by atoms with Crippen LogP contribution in [0.25, 0.3) is 0 Å². The Morgan fingerprint density at radius 1 is 1.33 bits per heavy atom. The molecule has 0 saturated heterocycles. The molecule has 1 N–H and O–H groups in total. The van der Waals surface area contributed by atoms with E-state index in [9.17, 15) is 0 Å². The van der Waals surface area contributed by atoms with Gasteiger partial charge in [-0.1, -0.05) is 23.7 Å². The molecule has 0 spiro atoms. The highest BCUT2D eigenvalue weighted by atomic mass is 79.9. The molecule has 18 heavy (non-hydrogen) atoms. The molecule has 0 bridgehead atoms. The van der Waals surface area contributed by atoms with Gasteiger partial charge in [0.25, 0.3) is 0 Å². The van der Waals surface area contributed by atoms with Gasteiger partial charge >= 0.3 is 0 Å². The Labute approximate surface area is 120 Å².